The van der Waals surface area contributed by atoms with E-state index in [9.17, 15) is 8.42 Å². The van der Waals surface area contributed by atoms with Crippen LogP contribution in [0.15, 0.2) is 23.2 Å². The summed E-state index contributed by atoms with van der Waals surface area (Å²) < 4.78 is 24.7. The van der Waals surface area contributed by atoms with Gasteiger partial charge in [-0.1, -0.05) is 29.3 Å². The Balaban J connectivity index is 0.00000364. The van der Waals surface area contributed by atoms with E-state index in [0.29, 0.717) is 35.6 Å². The van der Waals surface area contributed by atoms with Gasteiger partial charge in [0.1, 0.15) is 0 Å². The number of nitrogens with one attached hydrogen (secondary N) is 2. The van der Waals surface area contributed by atoms with Gasteiger partial charge in [-0.25, -0.2) is 17.7 Å². The maximum atomic E-state index is 11.6. The molecule has 0 saturated carbocycles. The second-order valence-corrected chi connectivity index (χ2v) is 9.24. The Hall–Kier alpha value is -0.290. The smallest absolute Gasteiger partial charge is 0.211 e. The molecule has 1 fully saturated rings. The van der Waals surface area contributed by atoms with Gasteiger partial charge in [0.15, 0.2) is 5.96 Å². The van der Waals surface area contributed by atoms with Crippen LogP contribution >= 0.6 is 47.2 Å². The Labute approximate surface area is 189 Å². The molecule has 1 aliphatic rings. The largest absolute Gasteiger partial charge is 0.357 e. The van der Waals surface area contributed by atoms with Crippen molar-refractivity contribution in [2.75, 3.05) is 32.4 Å². The minimum atomic E-state index is -3.08. The normalized spacial score (nSPS) is 16.7. The number of rotatable bonds is 6. The molecule has 10 heteroatoms. The van der Waals surface area contributed by atoms with Crippen molar-refractivity contribution < 1.29 is 8.42 Å². The molecule has 0 unspecified atom stereocenters. The highest BCUT2D eigenvalue weighted by molar-refractivity contribution is 14.0. The van der Waals surface area contributed by atoms with Gasteiger partial charge in [0, 0.05) is 36.2 Å². The summed E-state index contributed by atoms with van der Waals surface area (Å²) in [5, 5.41) is 7.77. The molecule has 6 nitrogen and oxygen atoms in total. The summed E-state index contributed by atoms with van der Waals surface area (Å²) in [5.41, 5.74) is 0.912. The summed E-state index contributed by atoms with van der Waals surface area (Å²) in [6.07, 6.45) is 2.97. The molecular formula is C17H27Cl2IN4O2S. The number of piperidine rings is 1. The van der Waals surface area contributed by atoms with Crippen LogP contribution in [0.25, 0.3) is 0 Å². The van der Waals surface area contributed by atoms with E-state index < -0.39 is 10.0 Å². The van der Waals surface area contributed by atoms with Crippen LogP contribution in [0.4, 0.5) is 0 Å². The van der Waals surface area contributed by atoms with Gasteiger partial charge in [-0.2, -0.15) is 0 Å². The Morgan fingerprint density at radius 3 is 2.48 bits per heavy atom. The van der Waals surface area contributed by atoms with Crippen molar-refractivity contribution >= 4 is 63.2 Å². The number of sulfonamides is 1. The molecule has 0 aliphatic carbocycles. The van der Waals surface area contributed by atoms with Crippen LogP contribution in [0.2, 0.25) is 10.0 Å². The summed E-state index contributed by atoms with van der Waals surface area (Å²) >= 11 is 12.1. The third kappa shape index (κ3) is 8.31. The van der Waals surface area contributed by atoms with Crippen LogP contribution in [0.5, 0.6) is 0 Å². The summed E-state index contributed by atoms with van der Waals surface area (Å²) in [4.78, 5) is 4.57. The summed E-state index contributed by atoms with van der Waals surface area (Å²) in [6.45, 7) is 5.15. The fourth-order valence-corrected chi connectivity index (χ4v) is 4.18. The minimum Gasteiger partial charge on any atom is -0.357 e. The minimum absolute atomic E-state index is 0. The van der Waals surface area contributed by atoms with Gasteiger partial charge in [0.2, 0.25) is 10.0 Å². The van der Waals surface area contributed by atoms with Crippen LogP contribution in [0, 0.1) is 5.92 Å². The topological polar surface area (TPSA) is 73.8 Å². The number of hydrogen-bond acceptors (Lipinski definition) is 3. The highest BCUT2D eigenvalue weighted by atomic mass is 127. The van der Waals surface area contributed by atoms with Crippen molar-refractivity contribution in [3.63, 3.8) is 0 Å². The summed E-state index contributed by atoms with van der Waals surface area (Å²) in [7, 11) is -3.08. The standard InChI is InChI=1S/C17H26Cl2N4O2S.HI/c1-3-20-17(22-12-14-4-5-15(18)10-16(14)19)21-11-13-6-8-23(9-7-13)26(2,24)25;/h4-5,10,13H,3,6-9,11-12H2,1-2H3,(H2,20,21,22);1H. The Morgan fingerprint density at radius 1 is 1.26 bits per heavy atom. The van der Waals surface area contributed by atoms with Crippen molar-refractivity contribution in [1.29, 1.82) is 0 Å². The Bertz CT molecular complexity index is 738. The van der Waals surface area contributed by atoms with E-state index in [4.69, 9.17) is 23.2 Å². The highest BCUT2D eigenvalue weighted by Gasteiger charge is 2.24. The number of halogens is 3. The average Bonchev–Trinajstić information content (AvgIpc) is 2.58. The lowest BCUT2D eigenvalue weighted by Gasteiger charge is -2.30. The zero-order chi connectivity index (χ0) is 19.2. The lowest BCUT2D eigenvalue weighted by molar-refractivity contribution is 0.275. The SMILES string of the molecule is CCNC(=NCc1ccc(Cl)cc1Cl)NCC1CCN(S(C)(=O)=O)CC1.I. The molecular weight excluding hydrogens is 522 g/mol. The molecule has 0 aromatic heterocycles. The molecule has 1 heterocycles. The van der Waals surface area contributed by atoms with Gasteiger partial charge in [-0.15, -0.1) is 24.0 Å². The van der Waals surface area contributed by atoms with Crippen LogP contribution in [-0.2, 0) is 16.6 Å². The fraction of sp³-hybridized carbons (Fsp3) is 0.588. The van der Waals surface area contributed by atoms with Gasteiger partial charge in [-0.3, -0.25) is 0 Å². The van der Waals surface area contributed by atoms with Crippen molar-refractivity contribution in [3.05, 3.63) is 33.8 Å². The van der Waals surface area contributed by atoms with Crippen LogP contribution in [0.1, 0.15) is 25.3 Å². The molecule has 0 atom stereocenters. The zero-order valence-electron chi connectivity index (χ0n) is 15.5. The van der Waals surface area contributed by atoms with Crippen molar-refractivity contribution in [1.82, 2.24) is 14.9 Å². The van der Waals surface area contributed by atoms with Crippen molar-refractivity contribution in [2.24, 2.45) is 10.9 Å². The average molecular weight is 549 g/mol. The molecule has 1 aromatic rings. The molecule has 1 aliphatic heterocycles. The number of benzene rings is 1. The van der Waals surface area contributed by atoms with E-state index in [-0.39, 0.29) is 24.0 Å². The maximum absolute atomic E-state index is 11.6. The molecule has 0 amide bonds. The summed E-state index contributed by atoms with van der Waals surface area (Å²) in [5.74, 6) is 1.15. The van der Waals surface area contributed by atoms with Crippen LogP contribution in [-0.4, -0.2) is 51.1 Å². The first-order valence-corrected chi connectivity index (χ1v) is 11.3. The predicted molar refractivity (Wildman–Crippen MR) is 124 cm³/mol. The quantitative estimate of drug-likeness (QED) is 0.325. The van der Waals surface area contributed by atoms with E-state index in [1.54, 1.807) is 16.4 Å². The van der Waals surface area contributed by atoms with Crippen molar-refractivity contribution in [3.8, 4) is 0 Å². The zero-order valence-corrected chi connectivity index (χ0v) is 20.2. The highest BCUT2D eigenvalue weighted by Crippen LogP contribution is 2.21. The van der Waals surface area contributed by atoms with Gasteiger partial charge in [0.05, 0.1) is 12.8 Å². The molecule has 154 valence electrons. The van der Waals surface area contributed by atoms with Gasteiger partial charge in [-0.05, 0) is 43.4 Å². The van der Waals surface area contributed by atoms with Gasteiger partial charge >= 0.3 is 0 Å². The number of hydrogen-bond donors (Lipinski definition) is 2. The molecule has 1 saturated heterocycles. The van der Waals surface area contributed by atoms with E-state index in [1.165, 1.54) is 6.26 Å². The second-order valence-electron chi connectivity index (χ2n) is 6.42. The third-order valence-corrected chi connectivity index (χ3v) is 6.26. The Morgan fingerprint density at radius 2 is 1.93 bits per heavy atom. The fourth-order valence-electron chi connectivity index (χ4n) is 2.84. The monoisotopic (exact) mass is 548 g/mol. The Kier molecular flexibility index (Phi) is 10.7. The van der Waals surface area contributed by atoms with Crippen molar-refractivity contribution in [2.45, 2.75) is 26.3 Å². The molecule has 27 heavy (non-hydrogen) atoms. The predicted octanol–water partition coefficient (Wildman–Crippen LogP) is 3.34. The molecule has 2 rings (SSSR count). The summed E-state index contributed by atoms with van der Waals surface area (Å²) in [6, 6.07) is 5.39. The molecule has 2 N–H and O–H groups in total. The number of nitrogens with zero attached hydrogens (tertiary/aromatic N) is 2. The third-order valence-electron chi connectivity index (χ3n) is 4.37. The second kappa shape index (κ2) is 11.6. The van der Waals surface area contributed by atoms with Crippen LogP contribution < -0.4 is 10.6 Å². The molecule has 1 aromatic carbocycles. The molecule has 0 bridgehead atoms. The lowest BCUT2D eigenvalue weighted by Crippen LogP contribution is -2.44. The van der Waals surface area contributed by atoms with E-state index in [2.05, 4.69) is 15.6 Å². The number of guanidine groups is 1. The molecule has 0 radical (unpaired) electrons. The molecule has 0 spiro atoms. The van der Waals surface area contributed by atoms with E-state index in [0.717, 1.165) is 37.5 Å². The van der Waals surface area contributed by atoms with E-state index in [1.807, 2.05) is 13.0 Å². The first-order chi connectivity index (χ1) is 12.3. The van der Waals surface area contributed by atoms with Crippen LogP contribution in [0.3, 0.4) is 0 Å². The van der Waals surface area contributed by atoms with Gasteiger partial charge < -0.3 is 10.6 Å². The first-order valence-electron chi connectivity index (χ1n) is 8.70. The maximum Gasteiger partial charge on any atom is 0.211 e. The van der Waals surface area contributed by atoms with E-state index >= 15 is 0 Å². The first kappa shape index (κ1) is 24.7. The lowest BCUT2D eigenvalue weighted by atomic mass is 9.98. The number of aliphatic imine (C=N–C) groups is 1. The van der Waals surface area contributed by atoms with Gasteiger partial charge in [0.25, 0.3) is 0 Å².